The van der Waals surface area contributed by atoms with Crippen LogP contribution < -0.4 is 16.6 Å². The predicted molar refractivity (Wildman–Crippen MR) is 114 cm³/mol. The summed E-state index contributed by atoms with van der Waals surface area (Å²) < 4.78 is 17.4. The van der Waals surface area contributed by atoms with Gasteiger partial charge in [0.05, 0.1) is 5.52 Å². The maximum absolute atomic E-state index is 13.0. The highest BCUT2D eigenvalue weighted by Gasteiger charge is 2.19. The Morgan fingerprint density at radius 2 is 1.93 bits per heavy atom. The summed E-state index contributed by atoms with van der Waals surface area (Å²) in [6.07, 6.45) is 0.749. The maximum Gasteiger partial charge on any atom is 0.352 e. The molecule has 0 fully saturated rings. The summed E-state index contributed by atoms with van der Waals surface area (Å²) in [5.41, 5.74) is 0.199. The minimum atomic E-state index is -0.499. The first kappa shape index (κ1) is 20.0. The molecule has 4 aromatic rings. The number of anilines is 1. The Bertz CT molecular complexity index is 1350. The van der Waals surface area contributed by atoms with Crippen LogP contribution in [-0.4, -0.2) is 24.7 Å². The molecule has 0 bridgehead atoms. The van der Waals surface area contributed by atoms with Crippen LogP contribution in [0, 0.1) is 11.7 Å². The fourth-order valence-electron chi connectivity index (χ4n) is 3.20. The topological polar surface area (TPSA) is 90.4 Å². The number of rotatable bonds is 6. The van der Waals surface area contributed by atoms with Gasteiger partial charge >= 0.3 is 5.69 Å². The van der Waals surface area contributed by atoms with E-state index in [1.807, 2.05) is 0 Å². The normalized spacial score (nSPS) is 11.6. The standard InChI is InChI=1S/C20H20FN5O3S/c1-12(2)7-9-24-18(28)17-15(8-10-30-17)26-19(24)23-25(20(26)29)11-16(27)22-14-5-3-13(21)4-6-14/h3-6,8,10,12H,7,9,11H2,1-2H3,(H,22,27). The highest BCUT2D eigenvalue weighted by atomic mass is 32.1. The lowest BCUT2D eigenvalue weighted by molar-refractivity contribution is -0.117. The van der Waals surface area contributed by atoms with Crippen LogP contribution in [0.3, 0.4) is 0 Å². The van der Waals surface area contributed by atoms with Gasteiger partial charge in [-0.05, 0) is 48.1 Å². The summed E-state index contributed by atoms with van der Waals surface area (Å²) in [6.45, 7) is 4.20. The van der Waals surface area contributed by atoms with Gasteiger partial charge in [-0.15, -0.1) is 16.4 Å². The smallest absolute Gasteiger partial charge is 0.324 e. The second-order valence-electron chi connectivity index (χ2n) is 7.40. The fourth-order valence-corrected chi connectivity index (χ4v) is 4.02. The van der Waals surface area contributed by atoms with Crippen molar-refractivity contribution in [1.29, 1.82) is 0 Å². The van der Waals surface area contributed by atoms with Gasteiger partial charge in [-0.1, -0.05) is 13.8 Å². The van der Waals surface area contributed by atoms with Crippen molar-refractivity contribution < 1.29 is 9.18 Å². The Labute approximate surface area is 174 Å². The largest absolute Gasteiger partial charge is 0.352 e. The van der Waals surface area contributed by atoms with Crippen molar-refractivity contribution in [3.05, 3.63) is 62.4 Å². The first-order valence-electron chi connectivity index (χ1n) is 9.50. The molecular weight excluding hydrogens is 409 g/mol. The summed E-state index contributed by atoms with van der Waals surface area (Å²) in [7, 11) is 0. The van der Waals surface area contributed by atoms with Gasteiger partial charge in [-0.3, -0.25) is 14.2 Å². The number of hydrogen-bond donors (Lipinski definition) is 1. The van der Waals surface area contributed by atoms with Crippen LogP contribution in [0.4, 0.5) is 10.1 Å². The number of carbonyl (C=O) groups excluding carboxylic acids is 1. The number of amides is 1. The molecule has 10 heteroatoms. The fraction of sp³-hybridized carbons (Fsp3) is 0.300. The molecule has 0 radical (unpaired) electrons. The van der Waals surface area contributed by atoms with Crippen LogP contribution in [0.1, 0.15) is 20.3 Å². The third kappa shape index (κ3) is 3.65. The number of nitrogens with one attached hydrogen (secondary N) is 1. The SMILES string of the molecule is CC(C)CCn1c(=O)c2sccc2n2c(=O)n(CC(=O)Nc3ccc(F)cc3)nc12. The van der Waals surface area contributed by atoms with Gasteiger partial charge in [-0.25, -0.2) is 18.3 Å². The van der Waals surface area contributed by atoms with Crippen molar-refractivity contribution in [1.82, 2.24) is 18.7 Å². The molecule has 1 aromatic carbocycles. The summed E-state index contributed by atoms with van der Waals surface area (Å²) in [6, 6.07) is 7.02. The number of halogens is 1. The van der Waals surface area contributed by atoms with Crippen molar-refractivity contribution in [3.8, 4) is 0 Å². The molecule has 4 rings (SSSR count). The van der Waals surface area contributed by atoms with Gasteiger partial charge in [0.2, 0.25) is 11.7 Å². The van der Waals surface area contributed by atoms with Gasteiger partial charge < -0.3 is 5.32 Å². The minimum Gasteiger partial charge on any atom is -0.324 e. The summed E-state index contributed by atoms with van der Waals surface area (Å²) >= 11 is 1.27. The van der Waals surface area contributed by atoms with E-state index >= 15 is 0 Å². The average Bonchev–Trinajstić information content (AvgIpc) is 3.29. The minimum absolute atomic E-state index is 0.193. The first-order chi connectivity index (χ1) is 14.3. The van der Waals surface area contributed by atoms with Crippen LogP contribution >= 0.6 is 11.3 Å². The molecule has 0 aliphatic carbocycles. The molecule has 0 unspecified atom stereocenters. The quantitative estimate of drug-likeness (QED) is 0.510. The Balaban J connectivity index is 1.74. The van der Waals surface area contributed by atoms with E-state index in [0.29, 0.717) is 28.4 Å². The van der Waals surface area contributed by atoms with E-state index < -0.39 is 17.4 Å². The number of aromatic nitrogens is 4. The number of benzene rings is 1. The summed E-state index contributed by atoms with van der Waals surface area (Å²) in [4.78, 5) is 38.3. The number of nitrogens with zero attached hydrogens (tertiary/aromatic N) is 4. The molecule has 1 N–H and O–H groups in total. The molecular formula is C20H20FN5O3S. The van der Waals surface area contributed by atoms with Crippen molar-refractivity contribution in [3.63, 3.8) is 0 Å². The van der Waals surface area contributed by atoms with Gasteiger partial charge in [0.25, 0.3) is 5.56 Å². The second kappa shape index (κ2) is 7.86. The Morgan fingerprint density at radius 3 is 2.63 bits per heavy atom. The highest BCUT2D eigenvalue weighted by molar-refractivity contribution is 7.17. The number of hydrogen-bond acceptors (Lipinski definition) is 5. The molecule has 0 saturated carbocycles. The van der Waals surface area contributed by atoms with Gasteiger partial charge in [-0.2, -0.15) is 0 Å². The van der Waals surface area contributed by atoms with E-state index in [0.717, 1.165) is 11.1 Å². The lowest BCUT2D eigenvalue weighted by atomic mass is 10.1. The number of fused-ring (bicyclic) bond motifs is 3. The van der Waals surface area contributed by atoms with Crippen molar-refractivity contribution in [2.75, 3.05) is 5.32 Å². The zero-order chi connectivity index (χ0) is 21.4. The molecule has 0 spiro atoms. The molecule has 3 heterocycles. The molecule has 156 valence electrons. The van der Waals surface area contributed by atoms with Crippen molar-refractivity contribution in [2.45, 2.75) is 33.4 Å². The molecule has 0 saturated heterocycles. The van der Waals surface area contributed by atoms with E-state index in [1.165, 1.54) is 44.6 Å². The number of aryl methyl sites for hydroxylation is 1. The zero-order valence-electron chi connectivity index (χ0n) is 16.5. The molecule has 0 atom stereocenters. The predicted octanol–water partition coefficient (Wildman–Crippen LogP) is 2.70. The Morgan fingerprint density at radius 1 is 1.20 bits per heavy atom. The number of thiophene rings is 1. The van der Waals surface area contributed by atoms with E-state index in [-0.39, 0.29) is 17.9 Å². The third-order valence-corrected chi connectivity index (χ3v) is 5.63. The highest BCUT2D eigenvalue weighted by Crippen LogP contribution is 2.18. The van der Waals surface area contributed by atoms with Crippen LogP contribution in [0.5, 0.6) is 0 Å². The lowest BCUT2D eigenvalue weighted by Gasteiger charge is -2.09. The second-order valence-corrected chi connectivity index (χ2v) is 8.32. The van der Waals surface area contributed by atoms with Crippen LogP contribution in [0.15, 0.2) is 45.3 Å². The van der Waals surface area contributed by atoms with E-state index in [1.54, 1.807) is 11.4 Å². The molecule has 8 nitrogen and oxygen atoms in total. The van der Waals surface area contributed by atoms with Crippen molar-refractivity contribution >= 4 is 38.9 Å². The summed E-state index contributed by atoms with van der Waals surface area (Å²) in [5, 5.41) is 8.65. The number of carbonyl (C=O) groups is 1. The maximum atomic E-state index is 13.0. The molecule has 0 aliphatic rings. The Kier molecular flexibility index (Phi) is 5.25. The van der Waals surface area contributed by atoms with Crippen LogP contribution in [-0.2, 0) is 17.9 Å². The van der Waals surface area contributed by atoms with Gasteiger partial charge in [0.15, 0.2) is 0 Å². The van der Waals surface area contributed by atoms with E-state index in [2.05, 4.69) is 24.3 Å². The first-order valence-corrected chi connectivity index (χ1v) is 10.4. The van der Waals surface area contributed by atoms with Gasteiger partial charge in [0.1, 0.15) is 17.1 Å². The van der Waals surface area contributed by atoms with E-state index in [9.17, 15) is 18.8 Å². The molecule has 1 amide bonds. The van der Waals surface area contributed by atoms with Crippen LogP contribution in [0.2, 0.25) is 0 Å². The molecule has 3 aromatic heterocycles. The molecule has 0 aliphatic heterocycles. The Hall–Kier alpha value is -3.27. The average molecular weight is 429 g/mol. The van der Waals surface area contributed by atoms with Gasteiger partial charge in [0, 0.05) is 12.2 Å². The van der Waals surface area contributed by atoms with E-state index in [4.69, 9.17) is 0 Å². The van der Waals surface area contributed by atoms with Crippen LogP contribution in [0.25, 0.3) is 16.0 Å². The lowest BCUT2D eigenvalue weighted by Crippen LogP contribution is -2.29. The monoisotopic (exact) mass is 429 g/mol. The van der Waals surface area contributed by atoms with Crippen molar-refractivity contribution in [2.24, 2.45) is 5.92 Å². The molecule has 30 heavy (non-hydrogen) atoms. The summed E-state index contributed by atoms with van der Waals surface area (Å²) in [5.74, 6) is -0.314. The zero-order valence-corrected chi connectivity index (χ0v) is 17.3. The third-order valence-electron chi connectivity index (χ3n) is 4.74.